The van der Waals surface area contributed by atoms with Crippen molar-refractivity contribution in [3.8, 4) is 5.75 Å². The van der Waals surface area contributed by atoms with Crippen molar-refractivity contribution in [1.82, 2.24) is 5.01 Å². The van der Waals surface area contributed by atoms with E-state index in [-0.39, 0.29) is 0 Å². The SMILES string of the molecule is COc1ccccc1/C=C/C=N\N1CC[NH+](Cc2ccc(Cl)cc2)CC1. The van der Waals surface area contributed by atoms with Gasteiger partial charge in [-0.25, -0.2) is 0 Å². The molecule has 2 aromatic rings. The lowest BCUT2D eigenvalue weighted by Gasteiger charge is -2.30. The lowest BCUT2D eigenvalue weighted by Crippen LogP contribution is -3.13. The van der Waals surface area contributed by atoms with Gasteiger partial charge in [0.25, 0.3) is 0 Å². The molecule has 1 N–H and O–H groups in total. The highest BCUT2D eigenvalue weighted by atomic mass is 35.5. The molecular formula is C21H25ClN3O+. The molecule has 1 saturated heterocycles. The van der Waals surface area contributed by atoms with Crippen LogP contribution in [0.1, 0.15) is 11.1 Å². The van der Waals surface area contributed by atoms with Crippen LogP contribution >= 0.6 is 11.6 Å². The van der Waals surface area contributed by atoms with Crippen LogP contribution in [0.2, 0.25) is 5.02 Å². The molecule has 0 aromatic heterocycles. The highest BCUT2D eigenvalue weighted by molar-refractivity contribution is 6.30. The van der Waals surface area contributed by atoms with Crippen molar-refractivity contribution in [1.29, 1.82) is 0 Å². The molecular weight excluding hydrogens is 346 g/mol. The number of ether oxygens (including phenoxy) is 1. The van der Waals surface area contributed by atoms with Gasteiger partial charge in [0, 0.05) is 22.4 Å². The van der Waals surface area contributed by atoms with Crippen molar-refractivity contribution in [3.05, 3.63) is 70.8 Å². The van der Waals surface area contributed by atoms with E-state index in [0.29, 0.717) is 0 Å². The molecule has 0 atom stereocenters. The molecule has 1 aliphatic heterocycles. The number of allylic oxidation sites excluding steroid dienone is 1. The van der Waals surface area contributed by atoms with E-state index >= 15 is 0 Å². The standard InChI is InChI=1S/C21H24ClN3O/c1-26-21-7-3-2-5-19(21)6-4-12-23-25-15-13-24(14-16-25)17-18-8-10-20(22)11-9-18/h2-12H,13-17H2,1H3/p+1/b6-4+,23-12-. The number of halogens is 1. The van der Waals surface area contributed by atoms with E-state index in [4.69, 9.17) is 16.3 Å². The van der Waals surface area contributed by atoms with Gasteiger partial charge in [-0.2, -0.15) is 5.10 Å². The largest absolute Gasteiger partial charge is 0.496 e. The maximum absolute atomic E-state index is 5.95. The molecule has 1 fully saturated rings. The number of hydrogen-bond donors (Lipinski definition) is 1. The van der Waals surface area contributed by atoms with Crippen LogP contribution in [-0.2, 0) is 6.54 Å². The Morgan fingerprint density at radius 3 is 2.58 bits per heavy atom. The smallest absolute Gasteiger partial charge is 0.126 e. The minimum Gasteiger partial charge on any atom is -0.496 e. The average Bonchev–Trinajstić information content (AvgIpc) is 2.68. The highest BCUT2D eigenvalue weighted by Gasteiger charge is 2.18. The minimum absolute atomic E-state index is 0.795. The molecule has 2 aromatic carbocycles. The summed E-state index contributed by atoms with van der Waals surface area (Å²) < 4.78 is 5.34. The first-order valence-electron chi connectivity index (χ1n) is 8.91. The Kier molecular flexibility index (Phi) is 6.69. The molecule has 0 bridgehead atoms. The van der Waals surface area contributed by atoms with Gasteiger partial charge in [0.15, 0.2) is 0 Å². The van der Waals surface area contributed by atoms with Gasteiger partial charge < -0.3 is 9.64 Å². The van der Waals surface area contributed by atoms with Crippen LogP contribution in [0.25, 0.3) is 6.08 Å². The summed E-state index contributed by atoms with van der Waals surface area (Å²) in [7, 11) is 1.69. The Hall–Kier alpha value is -2.30. The van der Waals surface area contributed by atoms with Gasteiger partial charge in [-0.15, -0.1) is 0 Å². The first-order chi connectivity index (χ1) is 12.7. The second-order valence-corrected chi connectivity index (χ2v) is 6.81. The number of quaternary nitrogens is 1. The predicted octanol–water partition coefficient (Wildman–Crippen LogP) is 2.75. The van der Waals surface area contributed by atoms with Crippen LogP contribution in [0.5, 0.6) is 5.75 Å². The molecule has 26 heavy (non-hydrogen) atoms. The topological polar surface area (TPSA) is 29.3 Å². The number of methoxy groups -OCH3 is 1. The fourth-order valence-corrected chi connectivity index (χ4v) is 3.20. The number of nitrogens with zero attached hydrogens (tertiary/aromatic N) is 2. The van der Waals surface area contributed by atoms with E-state index < -0.39 is 0 Å². The molecule has 1 aliphatic rings. The molecule has 1 heterocycles. The fraction of sp³-hybridized carbons (Fsp3) is 0.286. The van der Waals surface area contributed by atoms with Crippen molar-refractivity contribution in [2.45, 2.75) is 6.54 Å². The van der Waals surface area contributed by atoms with Crippen molar-refractivity contribution in [2.24, 2.45) is 5.10 Å². The third-order valence-electron chi connectivity index (χ3n) is 4.55. The maximum Gasteiger partial charge on any atom is 0.126 e. The number of nitrogens with one attached hydrogen (secondary N) is 1. The van der Waals surface area contributed by atoms with Crippen LogP contribution in [0.4, 0.5) is 0 Å². The lowest BCUT2D eigenvalue weighted by molar-refractivity contribution is -0.918. The summed E-state index contributed by atoms with van der Waals surface area (Å²) in [5, 5.41) is 7.49. The number of rotatable bonds is 6. The number of para-hydroxylation sites is 1. The molecule has 0 saturated carbocycles. The second kappa shape index (κ2) is 9.41. The predicted molar refractivity (Wildman–Crippen MR) is 108 cm³/mol. The number of hydrazone groups is 1. The molecule has 0 spiro atoms. The molecule has 0 amide bonds. The van der Waals surface area contributed by atoms with Crippen LogP contribution in [0.15, 0.2) is 59.7 Å². The van der Waals surface area contributed by atoms with E-state index in [9.17, 15) is 0 Å². The average molecular weight is 371 g/mol. The maximum atomic E-state index is 5.95. The summed E-state index contributed by atoms with van der Waals surface area (Å²) in [6.07, 6.45) is 5.84. The fourth-order valence-electron chi connectivity index (χ4n) is 3.08. The van der Waals surface area contributed by atoms with Gasteiger partial charge in [-0.1, -0.05) is 41.9 Å². The van der Waals surface area contributed by atoms with Crippen molar-refractivity contribution < 1.29 is 9.64 Å². The summed E-state index contributed by atoms with van der Waals surface area (Å²) in [4.78, 5) is 1.59. The number of hydrogen-bond acceptors (Lipinski definition) is 3. The van der Waals surface area contributed by atoms with Gasteiger partial charge in [0.05, 0.1) is 33.3 Å². The van der Waals surface area contributed by atoms with E-state index in [1.807, 2.05) is 54.8 Å². The monoisotopic (exact) mass is 370 g/mol. The van der Waals surface area contributed by atoms with E-state index in [0.717, 1.165) is 49.1 Å². The summed E-state index contributed by atoms with van der Waals surface area (Å²) in [5.41, 5.74) is 2.39. The minimum atomic E-state index is 0.795. The van der Waals surface area contributed by atoms with Gasteiger partial charge in [0.2, 0.25) is 0 Å². The quantitative estimate of drug-likeness (QED) is 0.792. The first kappa shape index (κ1) is 18.5. The van der Waals surface area contributed by atoms with Gasteiger partial charge >= 0.3 is 0 Å². The second-order valence-electron chi connectivity index (χ2n) is 6.37. The molecule has 3 rings (SSSR count). The van der Waals surface area contributed by atoms with Crippen LogP contribution in [0, 0.1) is 0 Å². The molecule has 0 aliphatic carbocycles. The molecule has 0 radical (unpaired) electrons. The number of benzene rings is 2. The molecule has 136 valence electrons. The van der Waals surface area contributed by atoms with Crippen molar-refractivity contribution in [3.63, 3.8) is 0 Å². The Balaban J connectivity index is 1.45. The highest BCUT2D eigenvalue weighted by Crippen LogP contribution is 2.18. The summed E-state index contributed by atoms with van der Waals surface area (Å²) in [6.45, 7) is 5.18. The summed E-state index contributed by atoms with van der Waals surface area (Å²) >= 11 is 5.95. The van der Waals surface area contributed by atoms with Crippen LogP contribution in [0.3, 0.4) is 0 Å². The lowest BCUT2D eigenvalue weighted by atomic mass is 10.2. The zero-order valence-electron chi connectivity index (χ0n) is 15.1. The van der Waals surface area contributed by atoms with Gasteiger partial charge in [0.1, 0.15) is 12.3 Å². The van der Waals surface area contributed by atoms with E-state index in [2.05, 4.69) is 22.2 Å². The van der Waals surface area contributed by atoms with E-state index in [1.165, 1.54) is 5.56 Å². The van der Waals surface area contributed by atoms with Crippen LogP contribution in [-0.4, -0.2) is 44.5 Å². The third kappa shape index (κ3) is 5.35. The summed E-state index contributed by atoms with van der Waals surface area (Å²) in [5.74, 6) is 0.872. The Morgan fingerprint density at radius 2 is 1.85 bits per heavy atom. The molecule has 4 nitrogen and oxygen atoms in total. The normalized spacial score (nSPS) is 15.8. The zero-order valence-corrected chi connectivity index (χ0v) is 15.8. The molecule has 0 unspecified atom stereocenters. The Labute approximate surface area is 160 Å². The van der Waals surface area contributed by atoms with E-state index in [1.54, 1.807) is 12.0 Å². The van der Waals surface area contributed by atoms with Gasteiger partial charge in [-0.05, 0) is 30.4 Å². The Morgan fingerprint density at radius 1 is 1.12 bits per heavy atom. The first-order valence-corrected chi connectivity index (χ1v) is 9.29. The zero-order chi connectivity index (χ0) is 18.2. The number of piperazine rings is 1. The summed E-state index contributed by atoms with van der Waals surface area (Å²) in [6, 6.07) is 16.1. The van der Waals surface area contributed by atoms with Crippen molar-refractivity contribution in [2.75, 3.05) is 33.3 Å². The van der Waals surface area contributed by atoms with Crippen molar-refractivity contribution >= 4 is 23.9 Å². The van der Waals surface area contributed by atoms with Crippen LogP contribution < -0.4 is 9.64 Å². The third-order valence-corrected chi connectivity index (χ3v) is 4.80. The molecule has 5 heteroatoms. The van der Waals surface area contributed by atoms with Gasteiger partial charge in [-0.3, -0.25) is 5.01 Å². The Bertz CT molecular complexity index is 750.